The number of hydrogen-bond donors (Lipinski definition) is 0. The van der Waals surface area contributed by atoms with Gasteiger partial charge < -0.3 is 9.80 Å². The maximum atomic E-state index is 12.5. The molecule has 1 heterocycles. The van der Waals surface area contributed by atoms with Crippen LogP contribution >= 0.6 is 0 Å². The van der Waals surface area contributed by atoms with E-state index in [1.165, 1.54) is 11.0 Å². The number of aryl methyl sites for hydroxylation is 2. The molecule has 2 rings (SSSR count). The summed E-state index contributed by atoms with van der Waals surface area (Å²) in [5.74, 6) is -0.261. The molecule has 0 bridgehead atoms. The molecule has 0 atom stereocenters. The Kier molecular flexibility index (Phi) is 5.00. The van der Waals surface area contributed by atoms with Crippen molar-refractivity contribution in [2.75, 3.05) is 13.6 Å². The van der Waals surface area contributed by atoms with Gasteiger partial charge >= 0.3 is 0 Å². The zero-order valence-electron chi connectivity index (χ0n) is 13.6. The van der Waals surface area contributed by atoms with E-state index < -0.39 is 0 Å². The molecule has 120 valence electrons. The molecule has 0 N–H and O–H groups in total. The van der Waals surface area contributed by atoms with Crippen molar-refractivity contribution in [3.63, 3.8) is 0 Å². The SMILES string of the molecule is C=CC(=O)N(C)CC(=O)N(Cc1cn(CC)nc1C)C1CC1. The van der Waals surface area contributed by atoms with Crippen molar-refractivity contribution >= 4 is 11.8 Å². The highest BCUT2D eigenvalue weighted by Gasteiger charge is 2.33. The van der Waals surface area contributed by atoms with Crippen LogP contribution in [0.25, 0.3) is 0 Å². The molecular formula is C16H24N4O2. The van der Waals surface area contributed by atoms with Crippen LogP contribution in [0, 0.1) is 6.92 Å². The van der Waals surface area contributed by atoms with Gasteiger partial charge in [0, 0.05) is 37.9 Å². The van der Waals surface area contributed by atoms with Gasteiger partial charge in [-0.25, -0.2) is 0 Å². The maximum Gasteiger partial charge on any atom is 0.246 e. The fourth-order valence-corrected chi connectivity index (χ4v) is 2.39. The van der Waals surface area contributed by atoms with Crippen molar-refractivity contribution in [2.24, 2.45) is 0 Å². The lowest BCUT2D eigenvalue weighted by Crippen LogP contribution is -2.41. The van der Waals surface area contributed by atoms with E-state index in [1.54, 1.807) is 7.05 Å². The van der Waals surface area contributed by atoms with Gasteiger partial charge in [0.25, 0.3) is 0 Å². The van der Waals surface area contributed by atoms with Crippen molar-refractivity contribution in [2.45, 2.75) is 45.8 Å². The van der Waals surface area contributed by atoms with Crippen LogP contribution in [0.2, 0.25) is 0 Å². The summed E-state index contributed by atoms with van der Waals surface area (Å²) in [7, 11) is 1.62. The van der Waals surface area contributed by atoms with Gasteiger partial charge in [-0.15, -0.1) is 0 Å². The summed E-state index contributed by atoms with van der Waals surface area (Å²) >= 11 is 0. The predicted molar refractivity (Wildman–Crippen MR) is 84.0 cm³/mol. The number of amides is 2. The van der Waals surface area contributed by atoms with Gasteiger partial charge in [0.15, 0.2) is 0 Å². The van der Waals surface area contributed by atoms with E-state index in [-0.39, 0.29) is 18.4 Å². The van der Waals surface area contributed by atoms with Gasteiger partial charge in [-0.05, 0) is 32.8 Å². The first-order valence-corrected chi connectivity index (χ1v) is 7.66. The second-order valence-electron chi connectivity index (χ2n) is 5.75. The summed E-state index contributed by atoms with van der Waals surface area (Å²) in [5.41, 5.74) is 2.02. The molecule has 1 aliphatic rings. The quantitative estimate of drug-likeness (QED) is 0.714. The first-order chi connectivity index (χ1) is 10.5. The third kappa shape index (κ3) is 3.75. The van der Waals surface area contributed by atoms with E-state index in [1.807, 2.05) is 29.6 Å². The van der Waals surface area contributed by atoms with Gasteiger partial charge in [0.2, 0.25) is 11.8 Å². The molecule has 1 saturated carbocycles. The van der Waals surface area contributed by atoms with Crippen LogP contribution < -0.4 is 0 Å². The first-order valence-electron chi connectivity index (χ1n) is 7.66. The van der Waals surface area contributed by atoms with E-state index in [2.05, 4.69) is 11.7 Å². The van der Waals surface area contributed by atoms with E-state index >= 15 is 0 Å². The molecule has 0 aliphatic heterocycles. The highest BCUT2D eigenvalue weighted by Crippen LogP contribution is 2.29. The first kappa shape index (κ1) is 16.3. The zero-order chi connectivity index (χ0) is 16.3. The number of hydrogen-bond acceptors (Lipinski definition) is 3. The molecule has 1 aromatic rings. The summed E-state index contributed by atoms with van der Waals surface area (Å²) in [5, 5.41) is 4.42. The molecule has 0 saturated heterocycles. The van der Waals surface area contributed by atoms with Crippen LogP contribution in [0.5, 0.6) is 0 Å². The van der Waals surface area contributed by atoms with Crippen LogP contribution in [-0.4, -0.2) is 51.0 Å². The standard InChI is InChI=1S/C16H24N4O2/c1-5-15(21)18(4)11-16(22)20(14-7-8-14)10-13-9-19(6-2)17-12(13)3/h5,9,14H,1,6-8,10-11H2,2-4H3. The maximum absolute atomic E-state index is 12.5. The molecule has 22 heavy (non-hydrogen) atoms. The molecule has 6 nitrogen and oxygen atoms in total. The van der Waals surface area contributed by atoms with Crippen LogP contribution in [0.3, 0.4) is 0 Å². The van der Waals surface area contributed by atoms with Gasteiger partial charge in [-0.1, -0.05) is 6.58 Å². The van der Waals surface area contributed by atoms with Crippen molar-refractivity contribution in [3.8, 4) is 0 Å². The fraction of sp³-hybridized carbons (Fsp3) is 0.562. The van der Waals surface area contributed by atoms with Crippen molar-refractivity contribution in [3.05, 3.63) is 30.1 Å². The van der Waals surface area contributed by atoms with Crippen molar-refractivity contribution in [1.29, 1.82) is 0 Å². The van der Waals surface area contributed by atoms with Crippen LogP contribution in [0.4, 0.5) is 0 Å². The Bertz CT molecular complexity index is 575. The van der Waals surface area contributed by atoms with Crippen LogP contribution in [-0.2, 0) is 22.7 Å². The number of rotatable bonds is 7. The second kappa shape index (κ2) is 6.77. The summed E-state index contributed by atoms with van der Waals surface area (Å²) in [6.45, 7) is 8.91. The van der Waals surface area contributed by atoms with Gasteiger partial charge in [0.1, 0.15) is 0 Å². The molecule has 1 aromatic heterocycles. The number of aromatic nitrogens is 2. The Morgan fingerprint density at radius 3 is 2.68 bits per heavy atom. The van der Waals surface area contributed by atoms with E-state index in [0.29, 0.717) is 12.6 Å². The van der Waals surface area contributed by atoms with E-state index in [9.17, 15) is 9.59 Å². The summed E-state index contributed by atoms with van der Waals surface area (Å²) < 4.78 is 1.88. The van der Waals surface area contributed by atoms with Crippen LogP contribution in [0.1, 0.15) is 31.0 Å². The van der Waals surface area contributed by atoms with E-state index in [4.69, 9.17) is 0 Å². The third-order valence-electron chi connectivity index (χ3n) is 3.94. The van der Waals surface area contributed by atoms with Gasteiger partial charge in [-0.2, -0.15) is 5.10 Å². The minimum atomic E-state index is -0.237. The normalized spacial score (nSPS) is 13.8. The lowest BCUT2D eigenvalue weighted by Gasteiger charge is -2.25. The summed E-state index contributed by atoms with van der Waals surface area (Å²) in [4.78, 5) is 27.3. The average Bonchev–Trinajstić information content (AvgIpc) is 3.27. The lowest BCUT2D eigenvalue weighted by molar-refractivity contribution is -0.138. The molecule has 6 heteroatoms. The Hall–Kier alpha value is -2.11. The molecule has 1 aliphatic carbocycles. The van der Waals surface area contributed by atoms with E-state index in [0.717, 1.165) is 30.6 Å². The Balaban J connectivity index is 2.06. The van der Waals surface area contributed by atoms with Gasteiger partial charge in [0.05, 0.1) is 12.2 Å². The second-order valence-corrected chi connectivity index (χ2v) is 5.75. The Morgan fingerprint density at radius 2 is 2.18 bits per heavy atom. The molecule has 0 radical (unpaired) electrons. The highest BCUT2D eigenvalue weighted by molar-refractivity contribution is 5.90. The average molecular weight is 304 g/mol. The van der Waals surface area contributed by atoms with Crippen molar-refractivity contribution in [1.82, 2.24) is 19.6 Å². The van der Waals surface area contributed by atoms with Crippen LogP contribution in [0.15, 0.2) is 18.9 Å². The Morgan fingerprint density at radius 1 is 1.50 bits per heavy atom. The highest BCUT2D eigenvalue weighted by atomic mass is 16.2. The fourth-order valence-electron chi connectivity index (χ4n) is 2.39. The molecular weight excluding hydrogens is 280 g/mol. The number of nitrogens with zero attached hydrogens (tertiary/aromatic N) is 4. The monoisotopic (exact) mass is 304 g/mol. The molecule has 0 spiro atoms. The smallest absolute Gasteiger partial charge is 0.246 e. The minimum absolute atomic E-state index is 0.0242. The number of carbonyl (C=O) groups excluding carboxylic acids is 2. The zero-order valence-corrected chi connectivity index (χ0v) is 13.6. The molecule has 1 fully saturated rings. The summed E-state index contributed by atoms with van der Waals surface area (Å²) in [6.07, 6.45) is 5.29. The third-order valence-corrected chi connectivity index (χ3v) is 3.94. The minimum Gasteiger partial charge on any atom is -0.334 e. The topological polar surface area (TPSA) is 58.4 Å². The Labute approximate surface area is 131 Å². The van der Waals surface area contributed by atoms with Gasteiger partial charge in [-0.3, -0.25) is 14.3 Å². The largest absolute Gasteiger partial charge is 0.334 e. The number of carbonyl (C=O) groups is 2. The molecule has 0 aromatic carbocycles. The lowest BCUT2D eigenvalue weighted by atomic mass is 10.2. The predicted octanol–water partition coefficient (Wildman–Crippen LogP) is 1.35. The molecule has 0 unspecified atom stereocenters. The summed E-state index contributed by atoms with van der Waals surface area (Å²) in [6, 6.07) is 0.295. The number of likely N-dealkylation sites (N-methyl/N-ethyl adjacent to an activating group) is 1. The van der Waals surface area contributed by atoms with Crippen molar-refractivity contribution < 1.29 is 9.59 Å². The molecule has 2 amide bonds.